The van der Waals surface area contributed by atoms with Gasteiger partial charge in [0.2, 0.25) is 12.2 Å². The number of ketones is 2. The van der Waals surface area contributed by atoms with E-state index < -0.39 is 82.3 Å². The van der Waals surface area contributed by atoms with Crippen molar-refractivity contribution in [2.45, 2.75) is 75.5 Å². The zero-order valence-corrected chi connectivity index (χ0v) is 21.1. The number of hydrogen-bond acceptors (Lipinski definition) is 11. The number of fused-ring (bicyclic) bond motifs is 3. The summed E-state index contributed by atoms with van der Waals surface area (Å²) in [4.78, 5) is 37.8. The number of benzene rings is 2. The summed E-state index contributed by atoms with van der Waals surface area (Å²) < 4.78 is 11.8. The smallest absolute Gasteiger partial charge is 0.207 e. The number of aliphatic hydroxyl groups is 3. The van der Waals surface area contributed by atoms with E-state index in [1.54, 1.807) is 6.92 Å². The molecule has 2 aromatic carbocycles. The first-order valence-electron chi connectivity index (χ1n) is 12.5. The van der Waals surface area contributed by atoms with Crippen LogP contribution in [0.3, 0.4) is 0 Å². The topological polar surface area (TPSA) is 203 Å². The monoisotopic (exact) mass is 543 g/mol. The summed E-state index contributed by atoms with van der Waals surface area (Å²) >= 11 is 0. The third kappa shape index (κ3) is 4.15. The normalized spacial score (nSPS) is 30.6. The molecule has 3 aliphatic rings. The van der Waals surface area contributed by atoms with E-state index in [9.17, 15) is 45.0 Å². The number of nitrogens with one attached hydrogen (secondary N) is 1. The van der Waals surface area contributed by atoms with Crippen molar-refractivity contribution in [2.24, 2.45) is 0 Å². The largest absolute Gasteiger partial charge is 0.507 e. The van der Waals surface area contributed by atoms with Crippen molar-refractivity contribution >= 4 is 18.0 Å². The Labute approximate surface area is 222 Å². The van der Waals surface area contributed by atoms with E-state index in [4.69, 9.17) is 9.47 Å². The van der Waals surface area contributed by atoms with Gasteiger partial charge in [0.15, 0.2) is 12.1 Å². The third-order valence-electron chi connectivity index (χ3n) is 7.98. The average Bonchev–Trinajstić information content (AvgIpc) is 2.87. The summed E-state index contributed by atoms with van der Waals surface area (Å²) in [5.74, 6) is -3.50. The molecule has 2 aliphatic carbocycles. The van der Waals surface area contributed by atoms with E-state index in [2.05, 4.69) is 5.32 Å². The Morgan fingerprint density at radius 2 is 1.82 bits per heavy atom. The molecule has 1 fully saturated rings. The average molecular weight is 544 g/mol. The maximum absolute atomic E-state index is 13.5. The van der Waals surface area contributed by atoms with Gasteiger partial charge in [-0.2, -0.15) is 0 Å². The zero-order chi connectivity index (χ0) is 28.4. The van der Waals surface area contributed by atoms with Crippen LogP contribution in [0.15, 0.2) is 18.2 Å². The zero-order valence-electron chi connectivity index (χ0n) is 21.1. The minimum Gasteiger partial charge on any atom is -0.507 e. The number of amides is 1. The molecule has 1 unspecified atom stereocenters. The Balaban J connectivity index is 1.65. The number of carbonyl (C=O) groups excluding carboxylic acids is 3. The van der Waals surface area contributed by atoms with Crippen LogP contribution in [0.25, 0.3) is 0 Å². The molecule has 5 rings (SSSR count). The number of hydrogen-bond donors (Lipinski definition) is 7. The summed E-state index contributed by atoms with van der Waals surface area (Å²) in [6.07, 6.45) is -5.74. The van der Waals surface area contributed by atoms with Gasteiger partial charge in [-0.25, -0.2) is 0 Å². The highest BCUT2D eigenvalue weighted by Gasteiger charge is 2.49. The van der Waals surface area contributed by atoms with Crippen molar-refractivity contribution in [1.29, 1.82) is 0 Å². The molecule has 39 heavy (non-hydrogen) atoms. The Bertz CT molecular complexity index is 1370. The summed E-state index contributed by atoms with van der Waals surface area (Å²) in [7, 11) is 0. The number of carbonyl (C=O) groups is 3. The van der Waals surface area contributed by atoms with E-state index in [1.807, 2.05) is 0 Å². The Hall–Kier alpha value is -3.55. The van der Waals surface area contributed by atoms with Crippen LogP contribution in [-0.4, -0.2) is 84.9 Å². The Kier molecular flexibility index (Phi) is 6.64. The van der Waals surface area contributed by atoms with Crippen LogP contribution in [0.1, 0.15) is 75.8 Å². The maximum Gasteiger partial charge on any atom is 0.207 e. The quantitative estimate of drug-likeness (QED) is 0.172. The lowest BCUT2D eigenvalue weighted by Gasteiger charge is -2.44. The lowest BCUT2D eigenvalue weighted by atomic mass is 9.71. The lowest BCUT2D eigenvalue weighted by molar-refractivity contribution is -0.252. The van der Waals surface area contributed by atoms with Gasteiger partial charge >= 0.3 is 0 Å². The molecule has 1 heterocycles. The van der Waals surface area contributed by atoms with Crippen LogP contribution in [-0.2, 0) is 20.7 Å². The number of phenolic OH excluding ortho intramolecular Hbond substituents is 3. The molecule has 1 aliphatic heterocycles. The van der Waals surface area contributed by atoms with Gasteiger partial charge in [0.1, 0.15) is 23.4 Å². The standard InChI is InChI=1S/C27H29NO11/c1-10-22(32)14(28-9-29)6-17(38-10)39-16-8-27(37,11(2)30)7-13-19(16)26(36)21-20(24(13)34)23(33)12-4-3-5-15(31)18(12)25(21)35/h3-5,9-11,14,16-17,22,30-32,34,36-37H,6-8H2,1-2H3,(H,28,29)/t10-,11?,14-,16-,17-,22+,27-/m0/s1. The number of ether oxygens (including phenoxy) is 2. The Morgan fingerprint density at radius 3 is 2.49 bits per heavy atom. The lowest BCUT2D eigenvalue weighted by Crippen LogP contribution is -2.54. The van der Waals surface area contributed by atoms with Gasteiger partial charge in [0, 0.05) is 36.0 Å². The van der Waals surface area contributed by atoms with Gasteiger partial charge in [0.05, 0.1) is 46.6 Å². The van der Waals surface area contributed by atoms with Crippen molar-refractivity contribution in [1.82, 2.24) is 5.32 Å². The molecule has 1 amide bonds. The van der Waals surface area contributed by atoms with Crippen LogP contribution in [0.2, 0.25) is 0 Å². The van der Waals surface area contributed by atoms with Crippen LogP contribution >= 0.6 is 0 Å². The summed E-state index contributed by atoms with van der Waals surface area (Å²) in [6, 6.07) is 3.16. The second-order valence-electron chi connectivity index (χ2n) is 10.4. The fourth-order valence-corrected chi connectivity index (χ4v) is 5.80. The second kappa shape index (κ2) is 9.57. The molecule has 0 saturated carbocycles. The van der Waals surface area contributed by atoms with Crippen molar-refractivity contribution in [2.75, 3.05) is 0 Å². The van der Waals surface area contributed by atoms with Gasteiger partial charge in [-0.3, -0.25) is 14.4 Å². The highest BCUT2D eigenvalue weighted by atomic mass is 16.7. The molecule has 7 atom stereocenters. The Morgan fingerprint density at radius 1 is 1.13 bits per heavy atom. The molecule has 12 nitrogen and oxygen atoms in total. The molecule has 7 N–H and O–H groups in total. The van der Waals surface area contributed by atoms with E-state index in [0.717, 1.165) is 0 Å². The van der Waals surface area contributed by atoms with Gasteiger partial charge in [-0.15, -0.1) is 0 Å². The molecular weight excluding hydrogens is 514 g/mol. The SMILES string of the molecule is CC(O)[C@]1(O)Cc2c(O)c3c(c(O)c2[C@@H](O[C@H]2C[C@H](NC=O)[C@H](O)[C@H](C)O2)C1)C(=O)c1c(O)cccc1C3=O. The molecule has 0 spiro atoms. The minimum atomic E-state index is -1.87. The highest BCUT2D eigenvalue weighted by molar-refractivity contribution is 6.31. The number of aliphatic hydroxyl groups excluding tert-OH is 2. The van der Waals surface area contributed by atoms with E-state index in [0.29, 0.717) is 6.41 Å². The van der Waals surface area contributed by atoms with Crippen LogP contribution < -0.4 is 5.32 Å². The van der Waals surface area contributed by atoms with E-state index in [-0.39, 0.29) is 41.5 Å². The molecule has 0 radical (unpaired) electrons. The first-order chi connectivity index (χ1) is 18.4. The van der Waals surface area contributed by atoms with Gasteiger partial charge in [0.25, 0.3) is 0 Å². The van der Waals surface area contributed by atoms with Gasteiger partial charge in [-0.1, -0.05) is 12.1 Å². The van der Waals surface area contributed by atoms with E-state index in [1.165, 1.54) is 25.1 Å². The van der Waals surface area contributed by atoms with Crippen LogP contribution in [0.5, 0.6) is 17.2 Å². The minimum absolute atomic E-state index is 0.0143. The molecule has 0 bridgehead atoms. The maximum atomic E-state index is 13.5. The molecule has 1 saturated heterocycles. The van der Waals surface area contributed by atoms with Crippen LogP contribution in [0, 0.1) is 0 Å². The molecule has 0 aromatic heterocycles. The van der Waals surface area contributed by atoms with E-state index >= 15 is 0 Å². The van der Waals surface area contributed by atoms with Gasteiger partial charge in [-0.05, 0) is 19.9 Å². The number of rotatable bonds is 5. The van der Waals surface area contributed by atoms with Gasteiger partial charge < -0.3 is 45.4 Å². The van der Waals surface area contributed by atoms with Crippen molar-refractivity contribution in [3.8, 4) is 17.2 Å². The third-order valence-corrected chi connectivity index (χ3v) is 7.98. The predicted octanol–water partition coefficient (Wildman–Crippen LogP) is 0.305. The van der Waals surface area contributed by atoms with Crippen molar-refractivity contribution < 1.29 is 54.5 Å². The summed E-state index contributed by atoms with van der Waals surface area (Å²) in [6.45, 7) is 2.90. The first kappa shape index (κ1) is 27.0. The fourth-order valence-electron chi connectivity index (χ4n) is 5.80. The second-order valence-corrected chi connectivity index (χ2v) is 10.4. The number of aromatic hydroxyl groups is 3. The number of phenols is 3. The molecule has 2 aromatic rings. The molecule has 12 heteroatoms. The predicted molar refractivity (Wildman–Crippen MR) is 131 cm³/mol. The molecule has 208 valence electrons. The molecular formula is C27H29NO11. The summed E-state index contributed by atoms with van der Waals surface area (Å²) in [5.41, 5.74) is -3.53. The van der Waals surface area contributed by atoms with Crippen molar-refractivity contribution in [3.05, 3.63) is 51.6 Å². The summed E-state index contributed by atoms with van der Waals surface area (Å²) in [5, 5.41) is 67.6. The highest BCUT2D eigenvalue weighted by Crippen LogP contribution is 2.52. The fraction of sp³-hybridized carbons (Fsp3) is 0.444. The van der Waals surface area contributed by atoms with Crippen LogP contribution in [0.4, 0.5) is 0 Å². The van der Waals surface area contributed by atoms with Crippen molar-refractivity contribution in [3.63, 3.8) is 0 Å². The first-order valence-corrected chi connectivity index (χ1v) is 12.5.